The fraction of sp³-hybridized carbons (Fsp3) is 0.438. The van der Waals surface area contributed by atoms with Gasteiger partial charge >= 0.3 is 0 Å². The third-order valence-electron chi connectivity index (χ3n) is 4.12. The van der Waals surface area contributed by atoms with E-state index in [1.54, 1.807) is 0 Å². The van der Waals surface area contributed by atoms with Crippen molar-refractivity contribution in [1.82, 2.24) is 4.98 Å². The zero-order valence-electron chi connectivity index (χ0n) is 10.9. The van der Waals surface area contributed by atoms with Gasteiger partial charge in [0.05, 0.1) is 11.2 Å². The summed E-state index contributed by atoms with van der Waals surface area (Å²) in [5, 5.41) is 4.87. The SMILES string of the molecule is CC(Nc1cccc2cccnc12)C1CCCC1. The smallest absolute Gasteiger partial charge is 0.0933 e. The van der Waals surface area contributed by atoms with Gasteiger partial charge in [-0.05, 0) is 37.8 Å². The maximum absolute atomic E-state index is 4.50. The van der Waals surface area contributed by atoms with Gasteiger partial charge in [0.25, 0.3) is 0 Å². The number of fused-ring (bicyclic) bond motifs is 1. The van der Waals surface area contributed by atoms with Crippen LogP contribution in [0.25, 0.3) is 10.9 Å². The fourth-order valence-electron chi connectivity index (χ4n) is 3.04. The first kappa shape index (κ1) is 11.5. The Morgan fingerprint density at radius 2 is 1.94 bits per heavy atom. The molecule has 1 aliphatic rings. The summed E-state index contributed by atoms with van der Waals surface area (Å²) in [7, 11) is 0. The zero-order chi connectivity index (χ0) is 12.4. The molecule has 0 bridgehead atoms. The Morgan fingerprint density at radius 3 is 2.78 bits per heavy atom. The van der Waals surface area contributed by atoms with Crippen molar-refractivity contribution >= 4 is 16.6 Å². The van der Waals surface area contributed by atoms with E-state index in [0.29, 0.717) is 6.04 Å². The minimum Gasteiger partial charge on any atom is -0.381 e. The van der Waals surface area contributed by atoms with Crippen LogP contribution in [0, 0.1) is 5.92 Å². The van der Waals surface area contributed by atoms with Crippen molar-refractivity contribution in [2.45, 2.75) is 38.6 Å². The molecule has 1 heterocycles. The lowest BCUT2D eigenvalue weighted by molar-refractivity contribution is 0.482. The van der Waals surface area contributed by atoms with E-state index in [4.69, 9.17) is 0 Å². The standard InChI is InChI=1S/C16H20N2/c1-12(13-6-2-3-7-13)18-15-10-4-8-14-9-5-11-17-16(14)15/h4-5,8-13,18H,2-3,6-7H2,1H3. The first-order valence-corrected chi connectivity index (χ1v) is 6.95. The Balaban J connectivity index is 1.85. The molecule has 1 fully saturated rings. The molecular formula is C16H20N2. The Morgan fingerprint density at radius 1 is 1.17 bits per heavy atom. The Bertz CT molecular complexity index is 524. The first-order valence-electron chi connectivity index (χ1n) is 6.95. The average molecular weight is 240 g/mol. The number of nitrogens with zero attached hydrogens (tertiary/aromatic N) is 1. The summed E-state index contributed by atoms with van der Waals surface area (Å²) in [4.78, 5) is 4.50. The summed E-state index contributed by atoms with van der Waals surface area (Å²) in [6.45, 7) is 2.30. The summed E-state index contributed by atoms with van der Waals surface area (Å²) < 4.78 is 0. The predicted molar refractivity (Wildman–Crippen MR) is 76.8 cm³/mol. The molecule has 1 aromatic carbocycles. The van der Waals surface area contributed by atoms with Crippen LogP contribution in [0.1, 0.15) is 32.6 Å². The first-order chi connectivity index (χ1) is 8.84. The van der Waals surface area contributed by atoms with Crippen molar-refractivity contribution < 1.29 is 0 Å². The van der Waals surface area contributed by atoms with Gasteiger partial charge in [-0.2, -0.15) is 0 Å². The van der Waals surface area contributed by atoms with Gasteiger partial charge in [-0.15, -0.1) is 0 Å². The molecule has 0 saturated heterocycles. The molecule has 18 heavy (non-hydrogen) atoms. The zero-order valence-corrected chi connectivity index (χ0v) is 10.9. The molecule has 0 amide bonds. The average Bonchev–Trinajstić information content (AvgIpc) is 2.93. The summed E-state index contributed by atoms with van der Waals surface area (Å²) in [5.41, 5.74) is 2.26. The molecule has 1 atom stereocenters. The highest BCUT2D eigenvalue weighted by molar-refractivity contribution is 5.90. The van der Waals surface area contributed by atoms with E-state index in [1.165, 1.54) is 36.8 Å². The summed E-state index contributed by atoms with van der Waals surface area (Å²) in [5.74, 6) is 0.823. The summed E-state index contributed by atoms with van der Waals surface area (Å²) in [6, 6.07) is 11.0. The van der Waals surface area contributed by atoms with Crippen LogP contribution in [0.2, 0.25) is 0 Å². The van der Waals surface area contributed by atoms with Crippen molar-refractivity contribution in [3.8, 4) is 0 Å². The van der Waals surface area contributed by atoms with Crippen LogP contribution in [0.4, 0.5) is 5.69 Å². The summed E-state index contributed by atoms with van der Waals surface area (Å²) in [6.07, 6.45) is 7.39. The van der Waals surface area contributed by atoms with Crippen LogP contribution in [0.3, 0.4) is 0 Å². The van der Waals surface area contributed by atoms with Gasteiger partial charge in [0, 0.05) is 17.6 Å². The monoisotopic (exact) mass is 240 g/mol. The number of aromatic nitrogens is 1. The molecule has 2 nitrogen and oxygen atoms in total. The quantitative estimate of drug-likeness (QED) is 0.868. The van der Waals surface area contributed by atoms with Crippen LogP contribution in [-0.2, 0) is 0 Å². The van der Waals surface area contributed by atoms with Gasteiger partial charge in [0.2, 0.25) is 0 Å². The maximum atomic E-state index is 4.50. The van der Waals surface area contributed by atoms with E-state index in [-0.39, 0.29) is 0 Å². The lowest BCUT2D eigenvalue weighted by Gasteiger charge is -2.22. The topological polar surface area (TPSA) is 24.9 Å². The Kier molecular flexibility index (Phi) is 3.18. The molecule has 1 aromatic heterocycles. The van der Waals surface area contributed by atoms with Crippen molar-refractivity contribution in [3.63, 3.8) is 0 Å². The number of hydrogen-bond donors (Lipinski definition) is 1. The van der Waals surface area contributed by atoms with Gasteiger partial charge in [0.15, 0.2) is 0 Å². The molecule has 0 radical (unpaired) electrons. The van der Waals surface area contributed by atoms with E-state index in [0.717, 1.165) is 11.4 Å². The lowest BCUT2D eigenvalue weighted by atomic mass is 9.99. The number of para-hydroxylation sites is 1. The highest BCUT2D eigenvalue weighted by Gasteiger charge is 2.21. The summed E-state index contributed by atoms with van der Waals surface area (Å²) >= 11 is 0. The molecule has 2 heteroatoms. The molecule has 94 valence electrons. The number of benzene rings is 1. The van der Waals surface area contributed by atoms with Crippen molar-refractivity contribution in [2.24, 2.45) is 5.92 Å². The molecule has 1 unspecified atom stereocenters. The molecule has 0 aliphatic heterocycles. The molecule has 1 saturated carbocycles. The Labute approximate surface area is 108 Å². The maximum Gasteiger partial charge on any atom is 0.0933 e. The molecular weight excluding hydrogens is 220 g/mol. The normalized spacial score (nSPS) is 18.1. The van der Waals surface area contributed by atoms with Gasteiger partial charge in [-0.25, -0.2) is 0 Å². The van der Waals surface area contributed by atoms with Crippen molar-refractivity contribution in [1.29, 1.82) is 0 Å². The second kappa shape index (κ2) is 4.97. The van der Waals surface area contributed by atoms with E-state index in [9.17, 15) is 0 Å². The number of pyridine rings is 1. The van der Waals surface area contributed by atoms with E-state index >= 15 is 0 Å². The minimum absolute atomic E-state index is 0.542. The van der Waals surface area contributed by atoms with Gasteiger partial charge in [0.1, 0.15) is 0 Å². The van der Waals surface area contributed by atoms with Crippen LogP contribution < -0.4 is 5.32 Å². The Hall–Kier alpha value is -1.57. The van der Waals surface area contributed by atoms with E-state index in [2.05, 4.69) is 41.5 Å². The van der Waals surface area contributed by atoms with Gasteiger partial charge < -0.3 is 5.32 Å². The molecule has 1 N–H and O–H groups in total. The van der Waals surface area contributed by atoms with E-state index < -0.39 is 0 Å². The second-order valence-corrected chi connectivity index (χ2v) is 5.36. The van der Waals surface area contributed by atoms with Gasteiger partial charge in [-0.3, -0.25) is 4.98 Å². The second-order valence-electron chi connectivity index (χ2n) is 5.36. The molecule has 3 rings (SSSR count). The molecule has 2 aromatic rings. The van der Waals surface area contributed by atoms with Crippen molar-refractivity contribution in [2.75, 3.05) is 5.32 Å². The van der Waals surface area contributed by atoms with Crippen LogP contribution >= 0.6 is 0 Å². The highest BCUT2D eigenvalue weighted by Crippen LogP contribution is 2.30. The van der Waals surface area contributed by atoms with Crippen LogP contribution in [0.15, 0.2) is 36.5 Å². The third kappa shape index (κ3) is 2.20. The largest absolute Gasteiger partial charge is 0.381 e. The number of anilines is 1. The minimum atomic E-state index is 0.542. The highest BCUT2D eigenvalue weighted by atomic mass is 14.9. The van der Waals surface area contributed by atoms with Crippen LogP contribution in [-0.4, -0.2) is 11.0 Å². The number of rotatable bonds is 3. The molecule has 1 aliphatic carbocycles. The number of nitrogens with one attached hydrogen (secondary N) is 1. The van der Waals surface area contributed by atoms with E-state index in [1.807, 2.05) is 12.3 Å². The van der Waals surface area contributed by atoms with Crippen LogP contribution in [0.5, 0.6) is 0 Å². The van der Waals surface area contributed by atoms with Crippen molar-refractivity contribution in [3.05, 3.63) is 36.5 Å². The fourth-order valence-corrected chi connectivity index (χ4v) is 3.04. The van der Waals surface area contributed by atoms with Gasteiger partial charge in [-0.1, -0.05) is 31.0 Å². The predicted octanol–water partition coefficient (Wildman–Crippen LogP) is 4.23. The lowest BCUT2D eigenvalue weighted by Crippen LogP contribution is -2.23. The number of hydrogen-bond acceptors (Lipinski definition) is 2. The third-order valence-corrected chi connectivity index (χ3v) is 4.12. The molecule has 0 spiro atoms.